The Labute approximate surface area is 111 Å². The molecule has 1 aliphatic heterocycles. The molecule has 1 aliphatic rings. The molecule has 0 saturated carbocycles. The number of aromatic nitrogens is 2. The molecule has 1 fully saturated rings. The first-order valence-electron chi connectivity index (χ1n) is 6.30. The number of rotatable bonds is 2. The van der Waals surface area contributed by atoms with Gasteiger partial charge in [-0.25, -0.2) is 9.97 Å². The highest BCUT2D eigenvalue weighted by molar-refractivity contribution is 6.34. The summed E-state index contributed by atoms with van der Waals surface area (Å²) in [5, 5.41) is 5.76. The molecule has 0 aliphatic carbocycles. The van der Waals surface area contributed by atoms with E-state index in [0.717, 1.165) is 19.5 Å². The molecule has 0 unspecified atom stereocenters. The van der Waals surface area contributed by atoms with Crippen LogP contribution in [-0.2, 0) is 16.1 Å². The predicted molar refractivity (Wildman–Crippen MR) is 67.9 cm³/mol. The Bertz CT molecular complexity index is 429. The van der Waals surface area contributed by atoms with Gasteiger partial charge in [-0.2, -0.15) is 0 Å². The zero-order valence-corrected chi connectivity index (χ0v) is 10.6. The van der Waals surface area contributed by atoms with Gasteiger partial charge in [0, 0.05) is 25.8 Å². The minimum atomic E-state index is -0.583. The maximum Gasteiger partial charge on any atom is 0.311 e. The van der Waals surface area contributed by atoms with Crippen LogP contribution >= 0.6 is 0 Å². The lowest BCUT2D eigenvalue weighted by atomic mass is 10.3. The summed E-state index contributed by atoms with van der Waals surface area (Å²) in [5.74, 6) is -1.06. The van der Waals surface area contributed by atoms with Gasteiger partial charge >= 0.3 is 11.8 Å². The normalized spacial score (nSPS) is 15.7. The Morgan fingerprint density at radius 2 is 2.26 bits per heavy atom. The molecular formula is C12H17N5O2. The van der Waals surface area contributed by atoms with E-state index in [-0.39, 0.29) is 6.54 Å². The highest BCUT2D eigenvalue weighted by Crippen LogP contribution is 1.97. The molecule has 1 saturated heterocycles. The molecule has 2 rings (SSSR count). The minimum absolute atomic E-state index is 0.235. The molecule has 1 aromatic heterocycles. The predicted octanol–water partition coefficient (Wildman–Crippen LogP) is -1.09. The van der Waals surface area contributed by atoms with E-state index in [0.29, 0.717) is 18.8 Å². The van der Waals surface area contributed by atoms with E-state index < -0.39 is 11.8 Å². The lowest BCUT2D eigenvalue weighted by Crippen LogP contribution is -2.44. The third-order valence-electron chi connectivity index (χ3n) is 2.89. The van der Waals surface area contributed by atoms with Crippen LogP contribution in [0, 0.1) is 0 Å². The number of nitrogens with one attached hydrogen (secondary N) is 2. The number of nitrogens with zero attached hydrogens (tertiary/aromatic N) is 3. The van der Waals surface area contributed by atoms with Crippen LogP contribution in [0.4, 0.5) is 0 Å². The minimum Gasteiger partial charge on any atom is -0.342 e. The van der Waals surface area contributed by atoms with Gasteiger partial charge in [-0.05, 0) is 19.0 Å². The smallest absolute Gasteiger partial charge is 0.311 e. The van der Waals surface area contributed by atoms with Crippen molar-refractivity contribution in [3.05, 3.63) is 24.3 Å². The largest absolute Gasteiger partial charge is 0.342 e. The molecule has 2 amide bonds. The molecule has 7 nitrogen and oxygen atoms in total. The Morgan fingerprint density at radius 3 is 3.05 bits per heavy atom. The molecule has 19 heavy (non-hydrogen) atoms. The van der Waals surface area contributed by atoms with E-state index in [1.807, 2.05) is 0 Å². The van der Waals surface area contributed by atoms with Gasteiger partial charge in [0.25, 0.3) is 0 Å². The Hall–Kier alpha value is -2.02. The molecular weight excluding hydrogens is 246 g/mol. The van der Waals surface area contributed by atoms with Gasteiger partial charge < -0.3 is 15.5 Å². The first-order valence-corrected chi connectivity index (χ1v) is 6.30. The summed E-state index contributed by atoms with van der Waals surface area (Å²) >= 11 is 0. The van der Waals surface area contributed by atoms with Crippen LogP contribution < -0.4 is 10.6 Å². The van der Waals surface area contributed by atoms with Crippen molar-refractivity contribution in [2.24, 2.45) is 0 Å². The summed E-state index contributed by atoms with van der Waals surface area (Å²) in [6, 6.07) is 1.70. The average Bonchev–Trinajstić information content (AvgIpc) is 2.74. The van der Waals surface area contributed by atoms with Crippen LogP contribution in [0.25, 0.3) is 0 Å². The fourth-order valence-electron chi connectivity index (χ4n) is 1.86. The Morgan fingerprint density at radius 1 is 1.37 bits per heavy atom. The number of carbonyl (C=O) groups is 2. The van der Waals surface area contributed by atoms with Gasteiger partial charge in [0.15, 0.2) is 0 Å². The van der Waals surface area contributed by atoms with Crippen LogP contribution in [0.3, 0.4) is 0 Å². The van der Waals surface area contributed by atoms with E-state index in [1.54, 1.807) is 17.2 Å². The summed E-state index contributed by atoms with van der Waals surface area (Å²) in [4.78, 5) is 33.0. The van der Waals surface area contributed by atoms with E-state index in [2.05, 4.69) is 20.6 Å². The second-order valence-electron chi connectivity index (χ2n) is 4.28. The van der Waals surface area contributed by atoms with Crippen molar-refractivity contribution in [2.75, 3.05) is 26.2 Å². The van der Waals surface area contributed by atoms with Crippen LogP contribution in [0.5, 0.6) is 0 Å². The lowest BCUT2D eigenvalue weighted by Gasteiger charge is -2.18. The fourth-order valence-corrected chi connectivity index (χ4v) is 1.86. The molecule has 0 radical (unpaired) electrons. The van der Waals surface area contributed by atoms with Crippen LogP contribution in [0.2, 0.25) is 0 Å². The lowest BCUT2D eigenvalue weighted by molar-refractivity contribution is -0.145. The number of amides is 2. The third kappa shape index (κ3) is 3.99. The van der Waals surface area contributed by atoms with Crippen molar-refractivity contribution in [1.82, 2.24) is 25.5 Å². The Balaban J connectivity index is 1.83. The fraction of sp³-hybridized carbons (Fsp3) is 0.500. The number of carbonyl (C=O) groups excluding carboxylic acids is 2. The summed E-state index contributed by atoms with van der Waals surface area (Å²) in [5.41, 5.74) is 0.675. The SMILES string of the molecule is O=C(NCc1ccncn1)C(=O)N1CCCNCC1. The third-order valence-corrected chi connectivity index (χ3v) is 2.89. The molecule has 0 bridgehead atoms. The van der Waals surface area contributed by atoms with Crippen molar-refractivity contribution in [1.29, 1.82) is 0 Å². The van der Waals surface area contributed by atoms with Gasteiger partial charge in [0.05, 0.1) is 12.2 Å². The molecule has 2 N–H and O–H groups in total. The topological polar surface area (TPSA) is 87.2 Å². The van der Waals surface area contributed by atoms with E-state index in [1.165, 1.54) is 6.33 Å². The average molecular weight is 263 g/mol. The summed E-state index contributed by atoms with van der Waals surface area (Å²) < 4.78 is 0. The van der Waals surface area contributed by atoms with E-state index in [4.69, 9.17) is 0 Å². The molecule has 0 spiro atoms. The van der Waals surface area contributed by atoms with Crippen molar-refractivity contribution >= 4 is 11.8 Å². The molecule has 7 heteroatoms. The molecule has 1 aromatic rings. The first-order chi connectivity index (χ1) is 9.27. The quantitative estimate of drug-likeness (QED) is 0.662. The van der Waals surface area contributed by atoms with Gasteiger partial charge in [-0.15, -0.1) is 0 Å². The maximum absolute atomic E-state index is 11.9. The van der Waals surface area contributed by atoms with Gasteiger partial charge in [0.1, 0.15) is 6.33 Å². The second-order valence-corrected chi connectivity index (χ2v) is 4.28. The first kappa shape index (κ1) is 13.4. The van der Waals surface area contributed by atoms with E-state index >= 15 is 0 Å². The van der Waals surface area contributed by atoms with Crippen molar-refractivity contribution < 1.29 is 9.59 Å². The van der Waals surface area contributed by atoms with Crippen molar-refractivity contribution in [3.8, 4) is 0 Å². The van der Waals surface area contributed by atoms with Gasteiger partial charge in [0.2, 0.25) is 0 Å². The van der Waals surface area contributed by atoms with Crippen LogP contribution in [-0.4, -0.2) is 52.9 Å². The monoisotopic (exact) mass is 263 g/mol. The molecule has 0 atom stereocenters. The summed E-state index contributed by atoms with van der Waals surface area (Å²) in [6.45, 7) is 3.03. The summed E-state index contributed by atoms with van der Waals surface area (Å²) in [7, 11) is 0. The summed E-state index contributed by atoms with van der Waals surface area (Å²) in [6.07, 6.45) is 3.87. The maximum atomic E-state index is 11.9. The van der Waals surface area contributed by atoms with Crippen LogP contribution in [0.1, 0.15) is 12.1 Å². The van der Waals surface area contributed by atoms with Crippen molar-refractivity contribution in [2.45, 2.75) is 13.0 Å². The number of hydrogen-bond donors (Lipinski definition) is 2. The highest BCUT2D eigenvalue weighted by atomic mass is 16.2. The zero-order valence-electron chi connectivity index (χ0n) is 10.6. The van der Waals surface area contributed by atoms with Crippen molar-refractivity contribution in [3.63, 3.8) is 0 Å². The zero-order chi connectivity index (χ0) is 13.5. The van der Waals surface area contributed by atoms with Crippen LogP contribution in [0.15, 0.2) is 18.6 Å². The highest BCUT2D eigenvalue weighted by Gasteiger charge is 2.22. The Kier molecular flexibility index (Phi) is 4.79. The standard InChI is InChI=1S/C12H17N5O2/c18-11(15-8-10-2-4-14-9-16-10)12(19)17-6-1-3-13-5-7-17/h2,4,9,13H,1,3,5-8H2,(H,15,18). The van der Waals surface area contributed by atoms with Gasteiger partial charge in [-0.3, -0.25) is 9.59 Å². The molecule has 2 heterocycles. The number of hydrogen-bond acceptors (Lipinski definition) is 5. The molecule has 0 aromatic carbocycles. The second kappa shape index (κ2) is 6.79. The van der Waals surface area contributed by atoms with Gasteiger partial charge in [-0.1, -0.05) is 0 Å². The van der Waals surface area contributed by atoms with E-state index in [9.17, 15) is 9.59 Å². The molecule has 102 valence electrons.